The first kappa shape index (κ1) is 21.6. The molecule has 2 atom stereocenters. The number of aliphatic hydroxyl groups excluding tert-OH is 1. The number of benzene rings is 2. The van der Waals surface area contributed by atoms with Crippen LogP contribution in [0.15, 0.2) is 30.3 Å². The summed E-state index contributed by atoms with van der Waals surface area (Å²) in [5.74, 6) is -0.534. The van der Waals surface area contributed by atoms with Crippen molar-refractivity contribution in [2.75, 3.05) is 34.0 Å². The normalized spacial score (nSPS) is 22.1. The van der Waals surface area contributed by atoms with Crippen LogP contribution in [0.1, 0.15) is 35.6 Å². The third kappa shape index (κ3) is 4.41. The standard InChI is InChI=1S/C23H26F2O6/c1-27-19-12-20(28-2)16(17-5-6-23(24,25)22(13-26)31-17)11-15(19)9-14-3-4-18-21(10-14)30-8-7-29-18/h3-4,10-12,17,22,26H,5-9,13H2,1-2H3/t17-,22+/m0/s1. The van der Waals surface area contributed by atoms with Gasteiger partial charge in [-0.05, 0) is 35.7 Å². The molecule has 2 aliphatic rings. The first-order valence-electron chi connectivity index (χ1n) is 10.2. The molecule has 0 amide bonds. The van der Waals surface area contributed by atoms with Gasteiger partial charge in [0.25, 0.3) is 5.92 Å². The van der Waals surface area contributed by atoms with Crippen LogP contribution < -0.4 is 18.9 Å². The van der Waals surface area contributed by atoms with Gasteiger partial charge in [0.05, 0.1) is 26.9 Å². The predicted molar refractivity (Wildman–Crippen MR) is 109 cm³/mol. The molecule has 1 fully saturated rings. The molecule has 0 aromatic heterocycles. The lowest BCUT2D eigenvalue weighted by Crippen LogP contribution is -2.43. The average molecular weight is 436 g/mol. The van der Waals surface area contributed by atoms with Crippen molar-refractivity contribution in [1.29, 1.82) is 0 Å². The Morgan fingerprint density at radius 1 is 1.03 bits per heavy atom. The number of hydrogen-bond donors (Lipinski definition) is 1. The molecule has 8 heteroatoms. The van der Waals surface area contributed by atoms with E-state index in [2.05, 4.69) is 0 Å². The molecule has 168 valence electrons. The van der Waals surface area contributed by atoms with Crippen LogP contribution in [-0.2, 0) is 11.2 Å². The van der Waals surface area contributed by atoms with E-state index in [1.54, 1.807) is 13.2 Å². The fourth-order valence-corrected chi connectivity index (χ4v) is 4.06. The van der Waals surface area contributed by atoms with E-state index in [4.69, 9.17) is 23.7 Å². The smallest absolute Gasteiger partial charge is 0.276 e. The molecule has 2 aromatic carbocycles. The van der Waals surface area contributed by atoms with Gasteiger partial charge in [-0.1, -0.05) is 6.07 Å². The Labute approximate surface area is 179 Å². The van der Waals surface area contributed by atoms with Gasteiger partial charge in [0.2, 0.25) is 0 Å². The van der Waals surface area contributed by atoms with Gasteiger partial charge in [-0.3, -0.25) is 0 Å². The van der Waals surface area contributed by atoms with E-state index in [0.29, 0.717) is 48.2 Å². The summed E-state index contributed by atoms with van der Waals surface area (Å²) in [4.78, 5) is 0. The zero-order chi connectivity index (χ0) is 22.0. The molecule has 1 N–H and O–H groups in total. The van der Waals surface area contributed by atoms with Crippen molar-refractivity contribution in [1.82, 2.24) is 0 Å². The molecular weight excluding hydrogens is 410 g/mol. The van der Waals surface area contributed by atoms with Crippen LogP contribution in [0.2, 0.25) is 0 Å². The van der Waals surface area contributed by atoms with E-state index in [-0.39, 0.29) is 12.8 Å². The summed E-state index contributed by atoms with van der Waals surface area (Å²) < 4.78 is 55.9. The summed E-state index contributed by atoms with van der Waals surface area (Å²) in [6, 6.07) is 9.37. The van der Waals surface area contributed by atoms with E-state index < -0.39 is 24.7 Å². The van der Waals surface area contributed by atoms with Crippen molar-refractivity contribution in [2.24, 2.45) is 0 Å². The van der Waals surface area contributed by atoms with E-state index in [1.807, 2.05) is 24.3 Å². The van der Waals surface area contributed by atoms with Gasteiger partial charge in [-0.15, -0.1) is 0 Å². The van der Waals surface area contributed by atoms with Crippen LogP contribution >= 0.6 is 0 Å². The van der Waals surface area contributed by atoms with Gasteiger partial charge in [0.15, 0.2) is 11.5 Å². The summed E-state index contributed by atoms with van der Waals surface area (Å²) in [6.45, 7) is 0.283. The molecule has 6 nitrogen and oxygen atoms in total. The molecule has 1 saturated heterocycles. The van der Waals surface area contributed by atoms with Gasteiger partial charge < -0.3 is 28.8 Å². The highest BCUT2D eigenvalue weighted by Gasteiger charge is 2.46. The number of aliphatic hydroxyl groups is 1. The zero-order valence-electron chi connectivity index (χ0n) is 17.5. The molecule has 31 heavy (non-hydrogen) atoms. The lowest BCUT2D eigenvalue weighted by Gasteiger charge is -2.36. The first-order valence-corrected chi connectivity index (χ1v) is 10.2. The molecule has 0 aliphatic carbocycles. The van der Waals surface area contributed by atoms with Gasteiger partial charge in [-0.25, -0.2) is 8.78 Å². The van der Waals surface area contributed by atoms with Crippen molar-refractivity contribution in [2.45, 2.75) is 37.4 Å². The molecule has 0 bridgehead atoms. The Balaban J connectivity index is 1.65. The fourth-order valence-electron chi connectivity index (χ4n) is 4.06. The highest BCUT2D eigenvalue weighted by molar-refractivity contribution is 5.51. The Morgan fingerprint density at radius 3 is 2.48 bits per heavy atom. The maximum Gasteiger partial charge on any atom is 0.276 e. The van der Waals surface area contributed by atoms with E-state index >= 15 is 0 Å². The summed E-state index contributed by atoms with van der Waals surface area (Å²) in [6.07, 6.45) is -1.87. The number of alkyl halides is 2. The maximum atomic E-state index is 14.0. The monoisotopic (exact) mass is 436 g/mol. The van der Waals surface area contributed by atoms with Crippen molar-refractivity contribution in [3.63, 3.8) is 0 Å². The maximum absolute atomic E-state index is 14.0. The summed E-state index contributed by atoms with van der Waals surface area (Å²) in [5.41, 5.74) is 2.50. The second-order valence-corrected chi connectivity index (χ2v) is 7.66. The molecule has 2 aliphatic heterocycles. The van der Waals surface area contributed by atoms with Crippen LogP contribution in [0, 0.1) is 0 Å². The molecule has 0 saturated carbocycles. The number of halogens is 2. The Bertz CT molecular complexity index is 933. The highest BCUT2D eigenvalue weighted by atomic mass is 19.3. The first-order chi connectivity index (χ1) is 14.9. The van der Waals surface area contributed by atoms with Gasteiger partial charge in [0, 0.05) is 24.5 Å². The van der Waals surface area contributed by atoms with Crippen LogP contribution in [-0.4, -0.2) is 51.2 Å². The molecule has 4 rings (SSSR count). The second kappa shape index (κ2) is 8.88. The Hall–Kier alpha value is -2.58. The topological polar surface area (TPSA) is 66.4 Å². The molecular formula is C23H26F2O6. The van der Waals surface area contributed by atoms with Crippen molar-refractivity contribution in [3.8, 4) is 23.0 Å². The molecule has 2 heterocycles. The third-order valence-electron chi connectivity index (χ3n) is 5.69. The van der Waals surface area contributed by atoms with Crippen LogP contribution in [0.5, 0.6) is 23.0 Å². The minimum atomic E-state index is -3.06. The van der Waals surface area contributed by atoms with E-state index in [1.165, 1.54) is 7.11 Å². The van der Waals surface area contributed by atoms with Gasteiger partial charge >= 0.3 is 0 Å². The summed E-state index contributed by atoms with van der Waals surface area (Å²) in [5, 5.41) is 9.37. The van der Waals surface area contributed by atoms with Crippen molar-refractivity contribution in [3.05, 3.63) is 47.0 Å². The summed E-state index contributed by atoms with van der Waals surface area (Å²) >= 11 is 0. The number of ether oxygens (including phenoxy) is 5. The van der Waals surface area contributed by atoms with Crippen LogP contribution in [0.25, 0.3) is 0 Å². The summed E-state index contributed by atoms with van der Waals surface area (Å²) in [7, 11) is 3.08. The Morgan fingerprint density at radius 2 is 1.77 bits per heavy atom. The van der Waals surface area contributed by atoms with Gasteiger partial charge in [-0.2, -0.15) is 0 Å². The number of hydrogen-bond acceptors (Lipinski definition) is 6. The zero-order valence-corrected chi connectivity index (χ0v) is 17.5. The van der Waals surface area contributed by atoms with Crippen LogP contribution in [0.3, 0.4) is 0 Å². The molecule has 0 radical (unpaired) electrons. The predicted octanol–water partition coefficient (Wildman–Crippen LogP) is 3.91. The minimum absolute atomic E-state index is 0.121. The number of methoxy groups -OCH3 is 2. The molecule has 0 unspecified atom stereocenters. The lowest BCUT2D eigenvalue weighted by molar-refractivity contribution is -0.211. The number of fused-ring (bicyclic) bond motifs is 1. The molecule has 2 aromatic rings. The van der Waals surface area contributed by atoms with Crippen molar-refractivity contribution >= 4 is 0 Å². The van der Waals surface area contributed by atoms with Crippen molar-refractivity contribution < 1.29 is 37.6 Å². The SMILES string of the molecule is COc1cc(OC)c([C@@H]2CCC(F)(F)[C@@H](CO)O2)cc1Cc1ccc2c(c1)OCCO2. The Kier molecular flexibility index (Phi) is 6.20. The minimum Gasteiger partial charge on any atom is -0.496 e. The van der Waals surface area contributed by atoms with Crippen LogP contribution in [0.4, 0.5) is 8.78 Å². The third-order valence-corrected chi connectivity index (χ3v) is 5.69. The van der Waals surface area contributed by atoms with Gasteiger partial charge in [0.1, 0.15) is 30.8 Å². The highest BCUT2D eigenvalue weighted by Crippen LogP contribution is 2.44. The lowest BCUT2D eigenvalue weighted by atomic mass is 9.92. The van der Waals surface area contributed by atoms with E-state index in [0.717, 1.165) is 11.1 Å². The fraction of sp³-hybridized carbons (Fsp3) is 0.478. The van der Waals surface area contributed by atoms with E-state index in [9.17, 15) is 13.9 Å². The average Bonchev–Trinajstić information content (AvgIpc) is 2.78. The largest absolute Gasteiger partial charge is 0.496 e. The number of rotatable bonds is 6. The molecule has 0 spiro atoms. The second-order valence-electron chi connectivity index (χ2n) is 7.66. The quantitative estimate of drug-likeness (QED) is 0.741.